The summed E-state index contributed by atoms with van der Waals surface area (Å²) < 4.78 is 0. The van der Waals surface area contributed by atoms with Crippen LogP contribution in [0.1, 0.15) is 5.56 Å². The minimum absolute atomic E-state index is 0.0552. The van der Waals surface area contributed by atoms with Gasteiger partial charge in [-0.25, -0.2) is 4.98 Å². The zero-order chi connectivity index (χ0) is 13.8. The molecule has 0 amide bonds. The standard InChI is InChI=1S/C12H12ClN3O2S/c1-15(12-14-8-11(19-12)16(17)18)7-6-9-4-2-3-5-10(9)13/h2-5,8H,6-7H2,1H3. The van der Waals surface area contributed by atoms with E-state index in [1.807, 2.05) is 36.2 Å². The Kier molecular flexibility index (Phi) is 4.34. The van der Waals surface area contributed by atoms with Gasteiger partial charge in [0, 0.05) is 18.6 Å². The number of aromatic nitrogens is 1. The average Bonchev–Trinajstić information content (AvgIpc) is 2.87. The first-order valence-corrected chi connectivity index (χ1v) is 6.82. The molecule has 1 aromatic carbocycles. The van der Waals surface area contributed by atoms with E-state index in [-0.39, 0.29) is 5.00 Å². The molecular weight excluding hydrogens is 286 g/mol. The summed E-state index contributed by atoms with van der Waals surface area (Å²) in [7, 11) is 1.86. The topological polar surface area (TPSA) is 59.3 Å². The maximum atomic E-state index is 10.6. The van der Waals surface area contributed by atoms with Crippen molar-refractivity contribution in [3.8, 4) is 0 Å². The average molecular weight is 298 g/mol. The molecular formula is C12H12ClN3O2S. The second kappa shape index (κ2) is 5.99. The van der Waals surface area contributed by atoms with Gasteiger partial charge in [-0.3, -0.25) is 10.1 Å². The summed E-state index contributed by atoms with van der Waals surface area (Å²) in [5.74, 6) is 0. The van der Waals surface area contributed by atoms with Gasteiger partial charge < -0.3 is 4.90 Å². The van der Waals surface area contributed by atoms with Crippen LogP contribution in [0, 0.1) is 10.1 Å². The highest BCUT2D eigenvalue weighted by Gasteiger charge is 2.14. The van der Waals surface area contributed by atoms with Gasteiger partial charge in [0.1, 0.15) is 6.20 Å². The van der Waals surface area contributed by atoms with E-state index in [0.29, 0.717) is 11.7 Å². The molecule has 2 aromatic rings. The van der Waals surface area contributed by atoms with E-state index >= 15 is 0 Å². The van der Waals surface area contributed by atoms with Gasteiger partial charge >= 0.3 is 5.00 Å². The molecule has 0 bridgehead atoms. The van der Waals surface area contributed by atoms with Crippen LogP contribution in [-0.2, 0) is 6.42 Å². The van der Waals surface area contributed by atoms with Gasteiger partial charge in [-0.1, -0.05) is 29.8 Å². The Morgan fingerprint density at radius 1 is 1.47 bits per heavy atom. The maximum Gasteiger partial charge on any atom is 0.345 e. The molecule has 5 nitrogen and oxygen atoms in total. The van der Waals surface area contributed by atoms with Crippen molar-refractivity contribution in [1.82, 2.24) is 4.98 Å². The Labute approximate surface area is 119 Å². The summed E-state index contributed by atoms with van der Waals surface area (Å²) in [5, 5.41) is 12.0. The molecule has 2 rings (SSSR count). The van der Waals surface area contributed by atoms with Crippen LogP contribution in [0.25, 0.3) is 0 Å². The van der Waals surface area contributed by atoms with E-state index in [4.69, 9.17) is 11.6 Å². The van der Waals surface area contributed by atoms with Gasteiger partial charge in [0.25, 0.3) is 0 Å². The molecule has 7 heteroatoms. The highest BCUT2D eigenvalue weighted by molar-refractivity contribution is 7.18. The fourth-order valence-electron chi connectivity index (χ4n) is 1.60. The number of anilines is 1. The van der Waals surface area contributed by atoms with Crippen molar-refractivity contribution in [3.05, 3.63) is 51.2 Å². The number of likely N-dealkylation sites (N-methyl/N-ethyl adjacent to an activating group) is 1. The number of rotatable bonds is 5. The van der Waals surface area contributed by atoms with Crippen LogP contribution in [0.5, 0.6) is 0 Å². The highest BCUT2D eigenvalue weighted by Crippen LogP contribution is 2.27. The molecule has 19 heavy (non-hydrogen) atoms. The molecule has 100 valence electrons. The normalized spacial score (nSPS) is 10.4. The summed E-state index contributed by atoms with van der Waals surface area (Å²) in [6.45, 7) is 0.703. The van der Waals surface area contributed by atoms with Gasteiger partial charge in [0.15, 0.2) is 5.13 Å². The van der Waals surface area contributed by atoms with Crippen molar-refractivity contribution in [2.75, 3.05) is 18.5 Å². The van der Waals surface area contributed by atoms with E-state index in [1.54, 1.807) is 0 Å². The Balaban J connectivity index is 1.99. The predicted molar refractivity (Wildman–Crippen MR) is 77.2 cm³/mol. The molecule has 1 aromatic heterocycles. The molecule has 0 N–H and O–H groups in total. The van der Waals surface area contributed by atoms with Crippen LogP contribution >= 0.6 is 22.9 Å². The number of nitro groups is 1. The fraction of sp³-hybridized carbons (Fsp3) is 0.250. The third kappa shape index (κ3) is 3.42. The summed E-state index contributed by atoms with van der Waals surface area (Å²) >= 11 is 7.15. The second-order valence-electron chi connectivity index (χ2n) is 4.00. The number of thiazole rings is 1. The van der Waals surface area contributed by atoms with Crippen molar-refractivity contribution >= 4 is 33.1 Å². The molecule has 0 unspecified atom stereocenters. The summed E-state index contributed by atoms with van der Waals surface area (Å²) in [6.07, 6.45) is 2.05. The molecule has 1 heterocycles. The first kappa shape index (κ1) is 13.8. The minimum Gasteiger partial charge on any atom is -0.351 e. The lowest BCUT2D eigenvalue weighted by molar-refractivity contribution is -0.380. The Morgan fingerprint density at radius 2 is 2.21 bits per heavy atom. The minimum atomic E-state index is -0.428. The number of hydrogen-bond donors (Lipinski definition) is 0. The van der Waals surface area contributed by atoms with Gasteiger partial charge in [-0.2, -0.15) is 0 Å². The van der Waals surface area contributed by atoms with Gasteiger partial charge in [0.2, 0.25) is 0 Å². The molecule has 0 fully saturated rings. The van der Waals surface area contributed by atoms with Crippen molar-refractivity contribution < 1.29 is 4.92 Å². The van der Waals surface area contributed by atoms with E-state index in [9.17, 15) is 10.1 Å². The first-order valence-electron chi connectivity index (χ1n) is 5.62. The third-order valence-electron chi connectivity index (χ3n) is 2.66. The van der Waals surface area contributed by atoms with Crippen LogP contribution in [0.3, 0.4) is 0 Å². The summed E-state index contributed by atoms with van der Waals surface area (Å²) in [6, 6.07) is 7.65. The largest absolute Gasteiger partial charge is 0.351 e. The van der Waals surface area contributed by atoms with E-state index in [2.05, 4.69) is 4.98 Å². The lowest BCUT2D eigenvalue weighted by atomic mass is 10.1. The van der Waals surface area contributed by atoms with Gasteiger partial charge in [-0.05, 0) is 29.4 Å². The zero-order valence-electron chi connectivity index (χ0n) is 10.2. The van der Waals surface area contributed by atoms with Crippen molar-refractivity contribution in [1.29, 1.82) is 0 Å². The fourth-order valence-corrected chi connectivity index (χ4v) is 2.55. The summed E-state index contributed by atoms with van der Waals surface area (Å²) in [4.78, 5) is 16.1. The summed E-state index contributed by atoms with van der Waals surface area (Å²) in [5.41, 5.74) is 1.06. The monoisotopic (exact) mass is 297 g/mol. The number of benzene rings is 1. The van der Waals surface area contributed by atoms with E-state index in [0.717, 1.165) is 28.3 Å². The Bertz CT molecular complexity index is 588. The molecule has 0 aliphatic carbocycles. The van der Waals surface area contributed by atoms with Gasteiger partial charge in [-0.15, -0.1) is 0 Å². The van der Waals surface area contributed by atoms with E-state index < -0.39 is 4.92 Å². The predicted octanol–water partition coefficient (Wildman–Crippen LogP) is 3.38. The maximum absolute atomic E-state index is 10.6. The highest BCUT2D eigenvalue weighted by atomic mass is 35.5. The molecule has 0 aliphatic rings. The zero-order valence-corrected chi connectivity index (χ0v) is 11.8. The Hall–Kier alpha value is -1.66. The smallest absolute Gasteiger partial charge is 0.345 e. The van der Waals surface area contributed by atoms with Crippen LogP contribution < -0.4 is 4.90 Å². The lowest BCUT2D eigenvalue weighted by Crippen LogP contribution is -2.20. The van der Waals surface area contributed by atoms with Crippen LogP contribution in [0.15, 0.2) is 30.5 Å². The third-order valence-corrected chi connectivity index (χ3v) is 4.09. The quantitative estimate of drug-likeness (QED) is 0.627. The van der Waals surface area contributed by atoms with Crippen LogP contribution in [0.4, 0.5) is 10.1 Å². The van der Waals surface area contributed by atoms with Crippen molar-refractivity contribution in [3.63, 3.8) is 0 Å². The molecule has 0 saturated carbocycles. The molecule has 0 radical (unpaired) electrons. The number of nitrogens with zero attached hydrogens (tertiary/aromatic N) is 3. The Morgan fingerprint density at radius 3 is 2.84 bits per heavy atom. The first-order chi connectivity index (χ1) is 9.08. The van der Waals surface area contributed by atoms with Crippen molar-refractivity contribution in [2.24, 2.45) is 0 Å². The van der Waals surface area contributed by atoms with Crippen molar-refractivity contribution in [2.45, 2.75) is 6.42 Å². The SMILES string of the molecule is CN(CCc1ccccc1Cl)c1ncc([N+](=O)[O-])s1. The van der Waals surface area contributed by atoms with Crippen LogP contribution in [-0.4, -0.2) is 23.5 Å². The van der Waals surface area contributed by atoms with E-state index in [1.165, 1.54) is 6.20 Å². The second-order valence-corrected chi connectivity index (χ2v) is 5.40. The molecule has 0 spiro atoms. The number of hydrogen-bond acceptors (Lipinski definition) is 5. The molecule has 0 atom stereocenters. The van der Waals surface area contributed by atoms with Gasteiger partial charge in [0.05, 0.1) is 4.92 Å². The molecule has 0 saturated heterocycles. The number of halogens is 1. The lowest BCUT2D eigenvalue weighted by Gasteiger charge is -2.15. The van der Waals surface area contributed by atoms with Crippen LogP contribution in [0.2, 0.25) is 5.02 Å². The molecule has 0 aliphatic heterocycles.